The van der Waals surface area contributed by atoms with Crippen LogP contribution in [0.25, 0.3) is 0 Å². The number of aromatic carboxylic acids is 1. The van der Waals surface area contributed by atoms with E-state index < -0.39 is 16.0 Å². The molecule has 0 bridgehead atoms. The summed E-state index contributed by atoms with van der Waals surface area (Å²) in [4.78, 5) is 10.8. The highest BCUT2D eigenvalue weighted by atomic mass is 32.2. The van der Waals surface area contributed by atoms with Gasteiger partial charge in [0.15, 0.2) is 0 Å². The number of ether oxygens (including phenoxy) is 1. The molecule has 0 fully saturated rings. The Hall–Kier alpha value is -0.960. The molecule has 6 nitrogen and oxygen atoms in total. The Morgan fingerprint density at radius 2 is 2.22 bits per heavy atom. The first-order valence-corrected chi connectivity index (χ1v) is 7.56. The lowest BCUT2D eigenvalue weighted by Crippen LogP contribution is -2.33. The number of hydrogen-bond acceptors (Lipinski definition) is 5. The maximum absolute atomic E-state index is 12.2. The fourth-order valence-electron chi connectivity index (χ4n) is 1.36. The Balaban J connectivity index is 2.99. The van der Waals surface area contributed by atoms with Gasteiger partial charge < -0.3 is 9.84 Å². The van der Waals surface area contributed by atoms with Crippen molar-refractivity contribution >= 4 is 27.3 Å². The van der Waals surface area contributed by atoms with Crippen LogP contribution in [-0.2, 0) is 14.8 Å². The van der Waals surface area contributed by atoms with Crippen molar-refractivity contribution in [2.75, 3.05) is 26.8 Å². The minimum absolute atomic E-state index is 0.0105. The van der Waals surface area contributed by atoms with Gasteiger partial charge in [-0.2, -0.15) is 4.31 Å². The zero-order chi connectivity index (χ0) is 13.8. The largest absolute Gasteiger partial charge is 0.477 e. The van der Waals surface area contributed by atoms with Gasteiger partial charge in [-0.1, -0.05) is 6.92 Å². The highest BCUT2D eigenvalue weighted by molar-refractivity contribution is 7.89. The third kappa shape index (κ3) is 3.29. The van der Waals surface area contributed by atoms with E-state index in [2.05, 4.69) is 0 Å². The lowest BCUT2D eigenvalue weighted by Gasteiger charge is -2.19. The molecule has 1 rings (SSSR count). The number of likely N-dealkylation sites (N-methyl/N-ethyl adjacent to an activating group) is 1. The Kier molecular flexibility index (Phi) is 5.27. The van der Waals surface area contributed by atoms with Gasteiger partial charge in [0, 0.05) is 25.6 Å². The quantitative estimate of drug-likeness (QED) is 0.814. The van der Waals surface area contributed by atoms with Gasteiger partial charge in [0.25, 0.3) is 0 Å². The molecule has 1 aromatic rings. The van der Waals surface area contributed by atoms with Crippen molar-refractivity contribution in [1.29, 1.82) is 0 Å². The van der Waals surface area contributed by atoms with Crippen LogP contribution < -0.4 is 0 Å². The van der Waals surface area contributed by atoms with E-state index in [0.717, 1.165) is 11.3 Å². The van der Waals surface area contributed by atoms with Gasteiger partial charge in [-0.15, -0.1) is 11.3 Å². The van der Waals surface area contributed by atoms with E-state index in [1.807, 2.05) is 0 Å². The minimum atomic E-state index is -3.64. The average molecular weight is 293 g/mol. The first kappa shape index (κ1) is 15.1. The van der Waals surface area contributed by atoms with Gasteiger partial charge in [-0.05, 0) is 6.07 Å². The molecule has 0 aliphatic carbocycles. The first-order valence-electron chi connectivity index (χ1n) is 5.24. The monoisotopic (exact) mass is 293 g/mol. The molecule has 1 aromatic heterocycles. The van der Waals surface area contributed by atoms with Crippen molar-refractivity contribution in [1.82, 2.24) is 4.31 Å². The summed E-state index contributed by atoms with van der Waals surface area (Å²) in [7, 11) is -2.14. The molecule has 8 heteroatoms. The van der Waals surface area contributed by atoms with E-state index >= 15 is 0 Å². The highest BCUT2D eigenvalue weighted by Crippen LogP contribution is 2.22. The summed E-state index contributed by atoms with van der Waals surface area (Å²) >= 11 is 0.900. The Bertz CT molecular complexity index is 508. The van der Waals surface area contributed by atoms with E-state index in [1.54, 1.807) is 6.92 Å². The molecule has 1 N–H and O–H groups in total. The van der Waals surface area contributed by atoms with Gasteiger partial charge in [0.2, 0.25) is 10.0 Å². The molecule has 0 radical (unpaired) electrons. The predicted molar refractivity (Wildman–Crippen MR) is 67.6 cm³/mol. The second-order valence-electron chi connectivity index (χ2n) is 3.44. The normalized spacial score (nSPS) is 11.9. The number of carboxylic acids is 1. The maximum Gasteiger partial charge on any atom is 0.345 e. The molecular formula is C10H15NO5S2. The van der Waals surface area contributed by atoms with Crippen LogP contribution in [0.4, 0.5) is 0 Å². The lowest BCUT2D eigenvalue weighted by atomic mass is 10.5. The van der Waals surface area contributed by atoms with Crippen LogP contribution in [0.15, 0.2) is 16.3 Å². The number of carboxylic acid groups (broad SMARTS) is 1. The molecule has 0 saturated heterocycles. The second kappa shape index (κ2) is 6.28. The fraction of sp³-hybridized carbons (Fsp3) is 0.500. The molecular weight excluding hydrogens is 278 g/mol. The summed E-state index contributed by atoms with van der Waals surface area (Å²) in [5, 5.41) is 10.1. The van der Waals surface area contributed by atoms with Gasteiger partial charge in [-0.25, -0.2) is 13.2 Å². The molecule has 18 heavy (non-hydrogen) atoms. The van der Waals surface area contributed by atoms with Crippen molar-refractivity contribution in [3.63, 3.8) is 0 Å². The zero-order valence-electron chi connectivity index (χ0n) is 10.1. The van der Waals surface area contributed by atoms with Crippen LogP contribution in [-0.4, -0.2) is 50.6 Å². The second-order valence-corrected chi connectivity index (χ2v) is 6.29. The van der Waals surface area contributed by atoms with E-state index in [0.29, 0.717) is 13.2 Å². The number of nitrogens with zero attached hydrogens (tertiary/aromatic N) is 1. The van der Waals surface area contributed by atoms with Gasteiger partial charge in [-0.3, -0.25) is 0 Å². The van der Waals surface area contributed by atoms with Gasteiger partial charge in [0.05, 0.1) is 11.5 Å². The number of thiophene rings is 1. The summed E-state index contributed by atoms with van der Waals surface area (Å²) < 4.78 is 30.5. The topological polar surface area (TPSA) is 83.9 Å². The molecule has 0 atom stereocenters. The number of carbonyl (C=O) groups is 1. The Morgan fingerprint density at radius 3 is 2.67 bits per heavy atom. The Morgan fingerprint density at radius 1 is 1.56 bits per heavy atom. The molecule has 0 aliphatic rings. The molecule has 0 spiro atoms. The standard InChI is InChI=1S/C10H15NO5S2/c1-3-11(4-5-16-2)18(14,15)8-6-9(10(12)13)17-7-8/h6-7H,3-5H2,1-2H3,(H,12,13). The first-order chi connectivity index (χ1) is 8.43. The third-order valence-electron chi connectivity index (χ3n) is 2.32. The van der Waals surface area contributed by atoms with E-state index in [4.69, 9.17) is 9.84 Å². The van der Waals surface area contributed by atoms with Crippen LogP contribution in [0.5, 0.6) is 0 Å². The van der Waals surface area contributed by atoms with E-state index in [9.17, 15) is 13.2 Å². The van der Waals surface area contributed by atoms with Crippen LogP contribution in [0.3, 0.4) is 0 Å². The average Bonchev–Trinajstić information content (AvgIpc) is 2.79. The highest BCUT2D eigenvalue weighted by Gasteiger charge is 2.25. The summed E-state index contributed by atoms with van der Waals surface area (Å²) in [6.07, 6.45) is 0. The van der Waals surface area contributed by atoms with Crippen LogP contribution in [0, 0.1) is 0 Å². The Labute approximate surface area is 110 Å². The summed E-state index contributed by atoms with van der Waals surface area (Å²) in [6.45, 7) is 2.57. The summed E-state index contributed by atoms with van der Waals surface area (Å²) in [6, 6.07) is 1.18. The summed E-state index contributed by atoms with van der Waals surface area (Å²) in [5.41, 5.74) is 0. The fourth-order valence-corrected chi connectivity index (χ4v) is 3.89. The smallest absolute Gasteiger partial charge is 0.345 e. The molecule has 0 saturated carbocycles. The molecule has 0 aliphatic heterocycles. The van der Waals surface area contributed by atoms with Crippen molar-refractivity contribution in [3.05, 3.63) is 16.3 Å². The number of sulfonamides is 1. The van der Waals surface area contributed by atoms with Crippen molar-refractivity contribution in [3.8, 4) is 0 Å². The van der Waals surface area contributed by atoms with Crippen molar-refractivity contribution < 1.29 is 23.1 Å². The van der Waals surface area contributed by atoms with Crippen LogP contribution >= 0.6 is 11.3 Å². The molecule has 1 heterocycles. The predicted octanol–water partition coefficient (Wildman–Crippen LogP) is 1.10. The van der Waals surface area contributed by atoms with E-state index in [-0.39, 0.29) is 16.3 Å². The maximum atomic E-state index is 12.2. The van der Waals surface area contributed by atoms with Crippen LogP contribution in [0.2, 0.25) is 0 Å². The van der Waals surface area contributed by atoms with Crippen LogP contribution in [0.1, 0.15) is 16.6 Å². The molecule has 0 aromatic carbocycles. The van der Waals surface area contributed by atoms with Crippen molar-refractivity contribution in [2.45, 2.75) is 11.8 Å². The van der Waals surface area contributed by atoms with Gasteiger partial charge in [0.1, 0.15) is 4.88 Å². The number of methoxy groups -OCH3 is 1. The zero-order valence-corrected chi connectivity index (χ0v) is 11.8. The van der Waals surface area contributed by atoms with Crippen molar-refractivity contribution in [2.24, 2.45) is 0 Å². The lowest BCUT2D eigenvalue weighted by molar-refractivity contribution is 0.0702. The molecule has 102 valence electrons. The minimum Gasteiger partial charge on any atom is -0.477 e. The SMILES string of the molecule is CCN(CCOC)S(=O)(=O)c1csc(C(=O)O)c1. The molecule has 0 amide bonds. The van der Waals surface area contributed by atoms with E-state index in [1.165, 1.54) is 22.9 Å². The molecule has 0 unspecified atom stereocenters. The summed E-state index contributed by atoms with van der Waals surface area (Å²) in [5.74, 6) is -1.12. The third-order valence-corrected chi connectivity index (χ3v) is 5.34. The van der Waals surface area contributed by atoms with Gasteiger partial charge >= 0.3 is 5.97 Å². The number of hydrogen-bond donors (Lipinski definition) is 1. The number of rotatable bonds is 7.